The highest BCUT2D eigenvalue weighted by Gasteiger charge is 2.10. The quantitative estimate of drug-likeness (QED) is 0.516. The van der Waals surface area contributed by atoms with Crippen LogP contribution in [0, 0.1) is 0 Å². The molecule has 0 unspecified atom stereocenters. The number of ether oxygens (including phenoxy) is 1. The molecule has 0 spiro atoms. The topological polar surface area (TPSA) is 75.2 Å². The molecule has 1 fully saturated rings. The van der Waals surface area contributed by atoms with Crippen LogP contribution in [-0.4, -0.2) is 48.5 Å². The Labute approximate surface area is 181 Å². The maximum Gasteiger partial charge on any atom is 0.247 e. The number of fused-ring (bicyclic) bond motifs is 1. The average Bonchev–Trinajstić information content (AvgIpc) is 2.85. The summed E-state index contributed by atoms with van der Waals surface area (Å²) in [5.74, 6) is 1.32. The van der Waals surface area contributed by atoms with E-state index in [0.717, 1.165) is 59.8 Å². The number of hydrogen-bond acceptors (Lipinski definition) is 7. The molecule has 1 saturated heterocycles. The van der Waals surface area contributed by atoms with E-state index in [0.29, 0.717) is 5.95 Å². The van der Waals surface area contributed by atoms with Crippen LogP contribution >= 0.6 is 0 Å². The lowest BCUT2D eigenvalue weighted by molar-refractivity contribution is 0.415. The second-order valence-electron chi connectivity index (χ2n) is 7.48. The molecule has 31 heavy (non-hydrogen) atoms. The van der Waals surface area contributed by atoms with Crippen molar-refractivity contribution in [3.63, 3.8) is 0 Å². The number of methoxy groups -OCH3 is 1. The van der Waals surface area contributed by atoms with Gasteiger partial charge >= 0.3 is 0 Å². The molecule has 2 heterocycles. The van der Waals surface area contributed by atoms with Crippen molar-refractivity contribution in [2.24, 2.45) is 0 Å². The molecule has 0 radical (unpaired) electrons. The number of piperazine rings is 1. The molecule has 0 amide bonds. The molecule has 156 valence electrons. The molecule has 1 aliphatic heterocycles. The first-order chi connectivity index (χ1) is 15.3. The second-order valence-corrected chi connectivity index (χ2v) is 7.48. The predicted molar refractivity (Wildman–Crippen MR) is 124 cm³/mol. The minimum atomic E-state index is 0.481. The van der Waals surface area contributed by atoms with Crippen LogP contribution in [0.1, 0.15) is 0 Å². The van der Waals surface area contributed by atoms with E-state index in [-0.39, 0.29) is 0 Å². The Morgan fingerprint density at radius 2 is 1.58 bits per heavy atom. The van der Waals surface area contributed by atoms with Gasteiger partial charge in [0.2, 0.25) is 5.95 Å². The number of nitrogens with zero attached hydrogens (tertiary/aromatic N) is 4. The molecule has 3 aromatic carbocycles. The Morgan fingerprint density at radius 1 is 0.839 bits per heavy atom. The van der Waals surface area contributed by atoms with Crippen LogP contribution in [0.3, 0.4) is 0 Å². The molecule has 0 saturated carbocycles. The first-order valence-electron chi connectivity index (χ1n) is 10.4. The Kier molecular flexibility index (Phi) is 5.33. The van der Waals surface area contributed by atoms with Gasteiger partial charge in [-0.25, -0.2) is 4.98 Å². The van der Waals surface area contributed by atoms with Gasteiger partial charge in [-0.15, -0.1) is 10.2 Å². The van der Waals surface area contributed by atoms with E-state index in [1.54, 1.807) is 7.11 Å². The number of aromatic nitrogens is 3. The molecule has 1 aromatic heterocycles. The van der Waals surface area contributed by atoms with Gasteiger partial charge in [-0.1, -0.05) is 18.2 Å². The standard InChI is InChI=1S/C24H24N6O/c1-31-21-9-2-17(3-10-21)18-4-11-22-23(16-18)27-24(29-28-22)26-19-5-7-20(8-6-19)30-14-12-25-13-15-30/h2-11,16,25H,12-15H2,1H3,(H,26,27,29). The number of anilines is 3. The van der Waals surface area contributed by atoms with Gasteiger partial charge < -0.3 is 20.3 Å². The molecular weight excluding hydrogens is 388 g/mol. The first-order valence-corrected chi connectivity index (χ1v) is 10.4. The highest BCUT2D eigenvalue weighted by Crippen LogP contribution is 2.26. The van der Waals surface area contributed by atoms with E-state index in [1.165, 1.54) is 5.69 Å². The minimum Gasteiger partial charge on any atom is -0.497 e. The Bertz CT molecular complexity index is 1170. The van der Waals surface area contributed by atoms with Crippen molar-refractivity contribution in [3.8, 4) is 16.9 Å². The summed E-state index contributed by atoms with van der Waals surface area (Å²) in [7, 11) is 1.67. The summed E-state index contributed by atoms with van der Waals surface area (Å²) >= 11 is 0. The highest BCUT2D eigenvalue weighted by atomic mass is 16.5. The lowest BCUT2D eigenvalue weighted by atomic mass is 10.1. The van der Waals surface area contributed by atoms with Gasteiger partial charge in [-0.3, -0.25) is 0 Å². The van der Waals surface area contributed by atoms with Gasteiger partial charge in [0.1, 0.15) is 11.3 Å². The van der Waals surface area contributed by atoms with Crippen molar-refractivity contribution in [3.05, 3.63) is 66.7 Å². The fraction of sp³-hybridized carbons (Fsp3) is 0.208. The Balaban J connectivity index is 1.36. The summed E-state index contributed by atoms with van der Waals surface area (Å²) in [5.41, 5.74) is 5.89. The molecule has 1 aliphatic rings. The normalized spacial score (nSPS) is 13.9. The number of benzene rings is 3. The zero-order chi connectivity index (χ0) is 21.0. The van der Waals surface area contributed by atoms with Crippen LogP contribution in [0.5, 0.6) is 5.75 Å². The van der Waals surface area contributed by atoms with Gasteiger partial charge in [-0.05, 0) is 59.7 Å². The monoisotopic (exact) mass is 412 g/mol. The molecule has 4 aromatic rings. The van der Waals surface area contributed by atoms with E-state index < -0.39 is 0 Å². The molecule has 5 rings (SSSR count). The molecule has 0 aliphatic carbocycles. The van der Waals surface area contributed by atoms with Gasteiger partial charge in [0.25, 0.3) is 0 Å². The van der Waals surface area contributed by atoms with Gasteiger partial charge in [0, 0.05) is 37.6 Å². The highest BCUT2D eigenvalue weighted by molar-refractivity contribution is 5.82. The Morgan fingerprint density at radius 3 is 2.32 bits per heavy atom. The summed E-state index contributed by atoms with van der Waals surface area (Å²) in [4.78, 5) is 7.06. The first kappa shape index (κ1) is 19.3. The summed E-state index contributed by atoms with van der Waals surface area (Å²) in [6.45, 7) is 4.10. The van der Waals surface area contributed by atoms with Crippen molar-refractivity contribution in [2.75, 3.05) is 43.5 Å². The third-order valence-corrected chi connectivity index (χ3v) is 5.48. The van der Waals surface area contributed by atoms with Crippen molar-refractivity contribution < 1.29 is 4.74 Å². The predicted octanol–water partition coefficient (Wildman–Crippen LogP) is 3.85. The van der Waals surface area contributed by atoms with E-state index in [1.807, 2.05) is 42.5 Å². The van der Waals surface area contributed by atoms with Crippen LogP contribution in [0.4, 0.5) is 17.3 Å². The third-order valence-electron chi connectivity index (χ3n) is 5.48. The molecular formula is C24H24N6O. The zero-order valence-corrected chi connectivity index (χ0v) is 17.4. The van der Waals surface area contributed by atoms with E-state index in [4.69, 9.17) is 4.74 Å². The number of nitrogens with one attached hydrogen (secondary N) is 2. The van der Waals surface area contributed by atoms with Gasteiger partial charge in [0.05, 0.1) is 12.6 Å². The Hall–Kier alpha value is -3.71. The van der Waals surface area contributed by atoms with Crippen molar-refractivity contribution in [1.29, 1.82) is 0 Å². The van der Waals surface area contributed by atoms with Crippen LogP contribution in [0.25, 0.3) is 22.2 Å². The minimum absolute atomic E-state index is 0.481. The van der Waals surface area contributed by atoms with E-state index in [9.17, 15) is 0 Å². The molecule has 0 bridgehead atoms. The van der Waals surface area contributed by atoms with Crippen LogP contribution in [0.15, 0.2) is 66.7 Å². The van der Waals surface area contributed by atoms with E-state index in [2.05, 4.69) is 55.0 Å². The number of hydrogen-bond donors (Lipinski definition) is 2. The van der Waals surface area contributed by atoms with E-state index >= 15 is 0 Å². The van der Waals surface area contributed by atoms with Crippen molar-refractivity contribution in [1.82, 2.24) is 20.5 Å². The SMILES string of the molecule is COc1ccc(-c2ccc3nnc(Nc4ccc(N5CCNCC5)cc4)nc3c2)cc1. The molecule has 7 nitrogen and oxygen atoms in total. The summed E-state index contributed by atoms with van der Waals surface area (Å²) in [5, 5.41) is 15.2. The fourth-order valence-corrected chi connectivity index (χ4v) is 3.76. The maximum atomic E-state index is 5.25. The third kappa shape index (κ3) is 4.27. The lowest BCUT2D eigenvalue weighted by Crippen LogP contribution is -2.43. The van der Waals surface area contributed by atoms with Crippen molar-refractivity contribution in [2.45, 2.75) is 0 Å². The summed E-state index contributed by atoms with van der Waals surface area (Å²) < 4.78 is 5.25. The smallest absolute Gasteiger partial charge is 0.247 e. The fourth-order valence-electron chi connectivity index (χ4n) is 3.76. The molecule has 0 atom stereocenters. The van der Waals surface area contributed by atoms with Gasteiger partial charge in [0.15, 0.2) is 0 Å². The lowest BCUT2D eigenvalue weighted by Gasteiger charge is -2.29. The largest absolute Gasteiger partial charge is 0.497 e. The van der Waals surface area contributed by atoms with Crippen LogP contribution in [-0.2, 0) is 0 Å². The maximum absolute atomic E-state index is 5.25. The summed E-state index contributed by atoms with van der Waals surface area (Å²) in [6, 6.07) is 22.4. The number of rotatable bonds is 5. The second kappa shape index (κ2) is 8.57. The molecule has 2 N–H and O–H groups in total. The van der Waals surface area contributed by atoms with Crippen molar-refractivity contribution >= 4 is 28.4 Å². The van der Waals surface area contributed by atoms with Crippen LogP contribution in [0.2, 0.25) is 0 Å². The molecule has 7 heteroatoms. The average molecular weight is 412 g/mol. The zero-order valence-electron chi connectivity index (χ0n) is 17.4. The van der Waals surface area contributed by atoms with Gasteiger partial charge in [-0.2, -0.15) is 0 Å². The van der Waals surface area contributed by atoms with Crippen LogP contribution < -0.4 is 20.3 Å². The summed E-state index contributed by atoms with van der Waals surface area (Å²) in [6.07, 6.45) is 0.